The maximum Gasteiger partial charge on any atom is 0.234 e. The molecule has 1 aromatic heterocycles. The molecule has 2 aromatic rings. The third-order valence-electron chi connectivity index (χ3n) is 3.46. The Morgan fingerprint density at radius 2 is 2.04 bits per heavy atom. The number of oxazole rings is 1. The number of likely N-dealkylation sites (N-methyl/N-ethyl adjacent to an activating group) is 2. The van der Waals surface area contributed by atoms with Gasteiger partial charge in [-0.05, 0) is 37.7 Å². The molecule has 23 heavy (non-hydrogen) atoms. The van der Waals surface area contributed by atoms with Crippen LogP contribution in [0.3, 0.4) is 0 Å². The number of amides is 1. The Kier molecular flexibility index (Phi) is 6.17. The largest absolute Gasteiger partial charge is 0.497 e. The van der Waals surface area contributed by atoms with Crippen molar-refractivity contribution in [1.29, 1.82) is 0 Å². The number of carbonyl (C=O) groups is 1. The topological polar surface area (TPSA) is 67.6 Å². The molecule has 6 heteroatoms. The molecule has 0 fully saturated rings. The minimum absolute atomic E-state index is 0.0215. The van der Waals surface area contributed by atoms with Gasteiger partial charge in [-0.3, -0.25) is 9.69 Å². The second-order valence-corrected chi connectivity index (χ2v) is 5.13. The van der Waals surface area contributed by atoms with Crippen LogP contribution in [0.1, 0.15) is 19.5 Å². The molecule has 0 spiro atoms. The van der Waals surface area contributed by atoms with Crippen molar-refractivity contribution < 1.29 is 13.9 Å². The van der Waals surface area contributed by atoms with E-state index < -0.39 is 0 Å². The molecule has 0 unspecified atom stereocenters. The number of hydrogen-bond acceptors (Lipinski definition) is 5. The number of aromatic nitrogens is 1. The van der Waals surface area contributed by atoms with E-state index in [2.05, 4.69) is 10.3 Å². The van der Waals surface area contributed by atoms with E-state index in [1.165, 1.54) is 0 Å². The number of benzene rings is 1. The molecule has 0 aliphatic rings. The molecule has 0 atom stereocenters. The molecule has 1 N–H and O–H groups in total. The minimum Gasteiger partial charge on any atom is -0.497 e. The summed E-state index contributed by atoms with van der Waals surface area (Å²) in [5, 5.41) is 2.80. The lowest BCUT2D eigenvalue weighted by Gasteiger charge is -2.17. The zero-order valence-corrected chi connectivity index (χ0v) is 13.8. The van der Waals surface area contributed by atoms with Gasteiger partial charge >= 0.3 is 0 Å². The minimum atomic E-state index is 0.0215. The fraction of sp³-hybridized carbons (Fsp3) is 0.412. The molecule has 0 aliphatic carbocycles. The van der Waals surface area contributed by atoms with Crippen molar-refractivity contribution in [1.82, 2.24) is 15.2 Å². The van der Waals surface area contributed by atoms with Gasteiger partial charge in [0.1, 0.15) is 12.0 Å². The van der Waals surface area contributed by atoms with Gasteiger partial charge in [0.15, 0.2) is 0 Å². The molecule has 0 bridgehead atoms. The van der Waals surface area contributed by atoms with E-state index >= 15 is 0 Å². The molecule has 0 saturated heterocycles. The van der Waals surface area contributed by atoms with Gasteiger partial charge in [0.2, 0.25) is 11.8 Å². The van der Waals surface area contributed by atoms with Crippen LogP contribution in [0.15, 0.2) is 34.9 Å². The van der Waals surface area contributed by atoms with Crippen LogP contribution in [0, 0.1) is 0 Å². The Hall–Kier alpha value is -2.34. The number of ether oxygens (including phenoxy) is 1. The van der Waals surface area contributed by atoms with E-state index in [0.717, 1.165) is 23.6 Å². The molecule has 1 amide bonds. The van der Waals surface area contributed by atoms with Gasteiger partial charge in [0, 0.05) is 18.7 Å². The average molecular weight is 317 g/mol. The highest BCUT2D eigenvalue weighted by atomic mass is 16.5. The molecule has 0 saturated carbocycles. The second kappa shape index (κ2) is 8.33. The number of nitrogens with one attached hydrogen (secondary N) is 1. The van der Waals surface area contributed by atoms with Crippen LogP contribution in [0.5, 0.6) is 5.75 Å². The van der Waals surface area contributed by atoms with Crippen LogP contribution >= 0.6 is 0 Å². The van der Waals surface area contributed by atoms with Crippen LogP contribution < -0.4 is 10.1 Å². The Labute approximate surface area is 136 Å². The van der Waals surface area contributed by atoms with Crippen LogP contribution in [-0.2, 0) is 11.3 Å². The van der Waals surface area contributed by atoms with Gasteiger partial charge in [0.05, 0.1) is 19.3 Å². The fourth-order valence-corrected chi connectivity index (χ4v) is 2.21. The summed E-state index contributed by atoms with van der Waals surface area (Å²) in [5.74, 6) is 1.38. The Balaban J connectivity index is 2.01. The van der Waals surface area contributed by atoms with E-state index in [4.69, 9.17) is 9.15 Å². The van der Waals surface area contributed by atoms with E-state index in [1.807, 2.05) is 43.0 Å². The molecular formula is C17H23N3O3. The highest BCUT2D eigenvalue weighted by molar-refractivity contribution is 5.77. The average Bonchev–Trinajstić information content (AvgIpc) is 3.03. The van der Waals surface area contributed by atoms with E-state index in [9.17, 15) is 4.79 Å². The lowest BCUT2D eigenvalue weighted by molar-refractivity contribution is -0.122. The quantitative estimate of drug-likeness (QED) is 0.809. The van der Waals surface area contributed by atoms with Crippen molar-refractivity contribution in [2.75, 3.05) is 26.7 Å². The van der Waals surface area contributed by atoms with E-state index in [-0.39, 0.29) is 5.91 Å². The number of carbonyl (C=O) groups excluding carboxylic acids is 1. The molecule has 6 nitrogen and oxygen atoms in total. The van der Waals surface area contributed by atoms with Crippen molar-refractivity contribution >= 4 is 5.91 Å². The zero-order valence-electron chi connectivity index (χ0n) is 13.8. The third-order valence-corrected chi connectivity index (χ3v) is 3.46. The molecule has 1 aromatic carbocycles. The first kappa shape index (κ1) is 17.0. The monoisotopic (exact) mass is 317 g/mol. The lowest BCUT2D eigenvalue weighted by Crippen LogP contribution is -2.36. The summed E-state index contributed by atoms with van der Waals surface area (Å²) in [6.45, 7) is 6.27. The van der Waals surface area contributed by atoms with Crippen LogP contribution in [0.25, 0.3) is 11.5 Å². The summed E-state index contributed by atoms with van der Waals surface area (Å²) in [6.07, 6.45) is 1.64. The summed E-state index contributed by atoms with van der Waals surface area (Å²) in [7, 11) is 1.63. The van der Waals surface area contributed by atoms with Crippen LogP contribution in [-0.4, -0.2) is 42.5 Å². The summed E-state index contributed by atoms with van der Waals surface area (Å²) < 4.78 is 10.7. The summed E-state index contributed by atoms with van der Waals surface area (Å²) in [5.41, 5.74) is 1.70. The summed E-state index contributed by atoms with van der Waals surface area (Å²) >= 11 is 0. The Bertz CT molecular complexity index is 622. The number of hydrogen-bond donors (Lipinski definition) is 1. The van der Waals surface area contributed by atoms with Gasteiger partial charge < -0.3 is 14.5 Å². The smallest absolute Gasteiger partial charge is 0.234 e. The number of nitrogens with zero attached hydrogens (tertiary/aromatic N) is 2. The van der Waals surface area contributed by atoms with Gasteiger partial charge in [-0.15, -0.1) is 0 Å². The highest BCUT2D eigenvalue weighted by Crippen LogP contribution is 2.22. The highest BCUT2D eigenvalue weighted by Gasteiger charge is 2.13. The predicted molar refractivity (Wildman–Crippen MR) is 88.1 cm³/mol. The maximum absolute atomic E-state index is 11.7. The first-order chi connectivity index (χ1) is 11.2. The van der Waals surface area contributed by atoms with Gasteiger partial charge in [-0.1, -0.05) is 6.92 Å². The van der Waals surface area contributed by atoms with Crippen molar-refractivity contribution in [2.45, 2.75) is 20.4 Å². The molecule has 2 rings (SSSR count). The van der Waals surface area contributed by atoms with Crippen molar-refractivity contribution in [3.63, 3.8) is 0 Å². The van der Waals surface area contributed by atoms with E-state index in [0.29, 0.717) is 25.5 Å². The maximum atomic E-state index is 11.7. The number of rotatable bonds is 8. The first-order valence-corrected chi connectivity index (χ1v) is 7.74. The molecule has 124 valence electrons. The van der Waals surface area contributed by atoms with Crippen molar-refractivity contribution in [3.8, 4) is 17.2 Å². The predicted octanol–water partition coefficient (Wildman–Crippen LogP) is 2.31. The van der Waals surface area contributed by atoms with Crippen molar-refractivity contribution in [2.24, 2.45) is 0 Å². The molecule has 1 heterocycles. The zero-order chi connectivity index (χ0) is 16.7. The van der Waals surface area contributed by atoms with Crippen LogP contribution in [0.2, 0.25) is 0 Å². The van der Waals surface area contributed by atoms with E-state index in [1.54, 1.807) is 13.4 Å². The van der Waals surface area contributed by atoms with Gasteiger partial charge in [-0.2, -0.15) is 0 Å². The van der Waals surface area contributed by atoms with Gasteiger partial charge in [0.25, 0.3) is 0 Å². The van der Waals surface area contributed by atoms with Gasteiger partial charge in [-0.25, -0.2) is 4.98 Å². The Morgan fingerprint density at radius 3 is 2.65 bits per heavy atom. The van der Waals surface area contributed by atoms with Crippen molar-refractivity contribution in [3.05, 3.63) is 36.2 Å². The standard InChI is InChI=1S/C17H23N3O3/c1-4-18-16(21)11-20(5-2)10-14-12-23-17(19-14)13-6-8-15(22-3)9-7-13/h6-9,12H,4-5,10-11H2,1-3H3,(H,18,21). The molecule has 0 radical (unpaired) electrons. The normalized spacial score (nSPS) is 10.8. The summed E-state index contributed by atoms with van der Waals surface area (Å²) in [4.78, 5) is 18.2. The second-order valence-electron chi connectivity index (χ2n) is 5.13. The SMILES string of the molecule is CCNC(=O)CN(CC)Cc1coc(-c2ccc(OC)cc2)n1. The fourth-order valence-electron chi connectivity index (χ4n) is 2.21. The molecular weight excluding hydrogens is 294 g/mol. The molecule has 0 aliphatic heterocycles. The summed E-state index contributed by atoms with van der Waals surface area (Å²) in [6, 6.07) is 7.54. The first-order valence-electron chi connectivity index (χ1n) is 7.74. The third kappa shape index (κ3) is 4.82. The Morgan fingerprint density at radius 1 is 1.30 bits per heavy atom. The number of methoxy groups -OCH3 is 1. The lowest BCUT2D eigenvalue weighted by atomic mass is 10.2. The van der Waals surface area contributed by atoms with Crippen LogP contribution in [0.4, 0.5) is 0 Å².